The summed E-state index contributed by atoms with van der Waals surface area (Å²) < 4.78 is 1.28. The fourth-order valence-corrected chi connectivity index (χ4v) is 3.01. The second-order valence-electron chi connectivity index (χ2n) is 4.43. The van der Waals surface area contributed by atoms with Crippen LogP contribution in [0.3, 0.4) is 0 Å². The lowest BCUT2D eigenvalue weighted by Crippen LogP contribution is -2.01. The van der Waals surface area contributed by atoms with Crippen LogP contribution in [0.25, 0.3) is 10.1 Å². The van der Waals surface area contributed by atoms with E-state index in [0.29, 0.717) is 12.2 Å². The monoisotopic (exact) mass is 246 g/mol. The standard InChI is InChI=1S/C15H18OS/c1-2-3-4-7-13(16)10-12-11-17-15-9-6-5-8-14(12)15/h5-6,8-9,11H,2-4,7,10H2,1H3. The van der Waals surface area contributed by atoms with Gasteiger partial charge in [-0.3, -0.25) is 4.79 Å². The number of rotatable bonds is 6. The Morgan fingerprint density at radius 3 is 2.88 bits per heavy atom. The van der Waals surface area contributed by atoms with Gasteiger partial charge in [0.05, 0.1) is 0 Å². The molecule has 0 aliphatic carbocycles. The number of ketones is 1. The Balaban J connectivity index is 2.01. The predicted octanol–water partition coefficient (Wildman–Crippen LogP) is 4.59. The summed E-state index contributed by atoms with van der Waals surface area (Å²) >= 11 is 1.73. The number of carbonyl (C=O) groups excluding carboxylic acids is 1. The molecule has 0 spiro atoms. The molecule has 0 saturated carbocycles. The first-order valence-corrected chi connectivity index (χ1v) is 7.16. The number of carbonyl (C=O) groups is 1. The Labute approximate surface area is 106 Å². The van der Waals surface area contributed by atoms with Crippen molar-refractivity contribution < 1.29 is 4.79 Å². The third-order valence-corrected chi connectivity index (χ3v) is 4.02. The maximum Gasteiger partial charge on any atom is 0.137 e. The number of hydrogen-bond donors (Lipinski definition) is 0. The molecule has 0 aliphatic heterocycles. The summed E-state index contributed by atoms with van der Waals surface area (Å²) in [5, 5.41) is 3.38. The van der Waals surface area contributed by atoms with E-state index in [1.807, 2.05) is 12.1 Å². The molecule has 0 N–H and O–H groups in total. The van der Waals surface area contributed by atoms with Crippen LogP contribution in [0.2, 0.25) is 0 Å². The third kappa shape index (κ3) is 3.16. The van der Waals surface area contributed by atoms with Crippen LogP contribution in [0.5, 0.6) is 0 Å². The van der Waals surface area contributed by atoms with Crippen LogP contribution in [-0.2, 0) is 11.2 Å². The quantitative estimate of drug-likeness (QED) is 0.681. The first-order valence-electron chi connectivity index (χ1n) is 6.28. The fraction of sp³-hybridized carbons (Fsp3) is 0.400. The van der Waals surface area contributed by atoms with Crippen LogP contribution in [0.1, 0.15) is 38.2 Å². The van der Waals surface area contributed by atoms with E-state index in [1.165, 1.54) is 22.1 Å². The first-order chi connectivity index (χ1) is 8.31. The van der Waals surface area contributed by atoms with Gasteiger partial charge >= 0.3 is 0 Å². The summed E-state index contributed by atoms with van der Waals surface area (Å²) in [6, 6.07) is 8.32. The summed E-state index contributed by atoms with van der Waals surface area (Å²) in [6.45, 7) is 2.16. The lowest BCUT2D eigenvalue weighted by Gasteiger charge is -2.00. The van der Waals surface area contributed by atoms with Crippen molar-refractivity contribution in [3.05, 3.63) is 35.2 Å². The van der Waals surface area contributed by atoms with Gasteiger partial charge in [-0.1, -0.05) is 38.0 Å². The van der Waals surface area contributed by atoms with Gasteiger partial charge in [0.2, 0.25) is 0 Å². The molecule has 1 nitrogen and oxygen atoms in total. The summed E-state index contributed by atoms with van der Waals surface area (Å²) in [7, 11) is 0. The molecule has 1 aromatic carbocycles. The third-order valence-electron chi connectivity index (χ3n) is 3.01. The molecular weight excluding hydrogens is 228 g/mol. The normalized spacial score (nSPS) is 10.9. The minimum Gasteiger partial charge on any atom is -0.299 e. The van der Waals surface area contributed by atoms with Crippen molar-refractivity contribution in [2.24, 2.45) is 0 Å². The van der Waals surface area contributed by atoms with E-state index >= 15 is 0 Å². The van der Waals surface area contributed by atoms with Gasteiger partial charge in [-0.15, -0.1) is 11.3 Å². The van der Waals surface area contributed by atoms with Crippen molar-refractivity contribution in [2.75, 3.05) is 0 Å². The first kappa shape index (κ1) is 12.3. The van der Waals surface area contributed by atoms with Gasteiger partial charge < -0.3 is 0 Å². The zero-order valence-electron chi connectivity index (χ0n) is 10.2. The molecule has 1 heterocycles. The van der Waals surface area contributed by atoms with Crippen molar-refractivity contribution in [3.63, 3.8) is 0 Å². The van der Waals surface area contributed by atoms with Crippen molar-refractivity contribution >= 4 is 27.2 Å². The van der Waals surface area contributed by atoms with Crippen molar-refractivity contribution in [1.82, 2.24) is 0 Å². The van der Waals surface area contributed by atoms with Crippen molar-refractivity contribution in [2.45, 2.75) is 39.0 Å². The number of hydrogen-bond acceptors (Lipinski definition) is 2. The SMILES string of the molecule is CCCCCC(=O)Cc1csc2ccccc12. The number of unbranched alkanes of at least 4 members (excludes halogenated alkanes) is 2. The van der Waals surface area contributed by atoms with Gasteiger partial charge in [0.25, 0.3) is 0 Å². The van der Waals surface area contributed by atoms with E-state index in [9.17, 15) is 4.79 Å². The smallest absolute Gasteiger partial charge is 0.137 e. The van der Waals surface area contributed by atoms with Crippen LogP contribution >= 0.6 is 11.3 Å². The van der Waals surface area contributed by atoms with E-state index in [0.717, 1.165) is 19.3 Å². The van der Waals surface area contributed by atoms with E-state index in [-0.39, 0.29) is 0 Å². The molecule has 0 unspecified atom stereocenters. The summed E-state index contributed by atoms with van der Waals surface area (Å²) in [4.78, 5) is 11.8. The number of benzene rings is 1. The maximum atomic E-state index is 11.8. The van der Waals surface area contributed by atoms with Gasteiger partial charge in [0.1, 0.15) is 5.78 Å². The average molecular weight is 246 g/mol. The van der Waals surface area contributed by atoms with Crippen LogP contribution in [-0.4, -0.2) is 5.78 Å². The highest BCUT2D eigenvalue weighted by molar-refractivity contribution is 7.17. The van der Waals surface area contributed by atoms with Crippen LogP contribution in [0.4, 0.5) is 0 Å². The molecule has 2 aromatic rings. The Hall–Kier alpha value is -1.15. The van der Waals surface area contributed by atoms with Crippen LogP contribution in [0.15, 0.2) is 29.6 Å². The maximum absolute atomic E-state index is 11.8. The van der Waals surface area contributed by atoms with Gasteiger partial charge in [-0.25, -0.2) is 0 Å². The Bertz CT molecular complexity index is 498. The Kier molecular flexibility index (Phi) is 4.32. The number of thiophene rings is 1. The van der Waals surface area contributed by atoms with E-state index in [4.69, 9.17) is 0 Å². The molecule has 17 heavy (non-hydrogen) atoms. The molecule has 1 aromatic heterocycles. The van der Waals surface area contributed by atoms with Gasteiger partial charge in [0, 0.05) is 17.5 Å². The van der Waals surface area contributed by atoms with Gasteiger partial charge in [-0.05, 0) is 28.8 Å². The van der Waals surface area contributed by atoms with E-state index in [1.54, 1.807) is 11.3 Å². The number of Topliss-reactive ketones (excluding diaryl/α,β-unsaturated/α-hetero) is 1. The molecule has 0 bridgehead atoms. The second-order valence-corrected chi connectivity index (χ2v) is 5.34. The zero-order chi connectivity index (χ0) is 12.1. The van der Waals surface area contributed by atoms with Crippen LogP contribution in [0, 0.1) is 0 Å². The van der Waals surface area contributed by atoms with Crippen molar-refractivity contribution in [3.8, 4) is 0 Å². The highest BCUT2D eigenvalue weighted by Crippen LogP contribution is 2.26. The minimum atomic E-state index is 0.377. The van der Waals surface area contributed by atoms with Gasteiger partial charge in [-0.2, -0.15) is 0 Å². The lowest BCUT2D eigenvalue weighted by atomic mass is 10.0. The lowest BCUT2D eigenvalue weighted by molar-refractivity contribution is -0.118. The summed E-state index contributed by atoms with van der Waals surface area (Å²) in [5.74, 6) is 0.377. The molecule has 0 fully saturated rings. The average Bonchev–Trinajstić information content (AvgIpc) is 2.73. The topological polar surface area (TPSA) is 17.1 Å². The zero-order valence-corrected chi connectivity index (χ0v) is 11.1. The summed E-state index contributed by atoms with van der Waals surface area (Å²) in [5.41, 5.74) is 1.20. The molecule has 0 atom stereocenters. The van der Waals surface area contributed by atoms with E-state index < -0.39 is 0 Å². The molecular formula is C15H18OS. The Morgan fingerprint density at radius 1 is 1.24 bits per heavy atom. The molecule has 2 rings (SSSR count). The fourth-order valence-electron chi connectivity index (χ4n) is 2.04. The van der Waals surface area contributed by atoms with Crippen LogP contribution < -0.4 is 0 Å². The number of fused-ring (bicyclic) bond motifs is 1. The minimum absolute atomic E-state index is 0.377. The largest absolute Gasteiger partial charge is 0.299 e. The second kappa shape index (κ2) is 5.97. The molecule has 0 amide bonds. The predicted molar refractivity (Wildman–Crippen MR) is 74.7 cm³/mol. The molecule has 0 saturated heterocycles. The molecule has 2 heteroatoms. The highest BCUT2D eigenvalue weighted by Gasteiger charge is 2.08. The molecule has 90 valence electrons. The van der Waals surface area contributed by atoms with Crippen molar-refractivity contribution in [1.29, 1.82) is 0 Å². The van der Waals surface area contributed by atoms with Gasteiger partial charge in [0.15, 0.2) is 0 Å². The highest BCUT2D eigenvalue weighted by atomic mass is 32.1. The molecule has 0 radical (unpaired) electrons. The Morgan fingerprint density at radius 2 is 2.06 bits per heavy atom. The van der Waals surface area contributed by atoms with E-state index in [2.05, 4.69) is 24.4 Å². The summed E-state index contributed by atoms with van der Waals surface area (Å²) in [6.07, 6.45) is 4.72. The molecule has 0 aliphatic rings.